The fourth-order valence-corrected chi connectivity index (χ4v) is 1.07. The molecule has 11 heavy (non-hydrogen) atoms. The Kier molecular flexibility index (Phi) is 2.08. The third-order valence-electron chi connectivity index (χ3n) is 1.76. The number of alkyl halides is 2. The van der Waals surface area contributed by atoms with Crippen LogP contribution in [0.25, 0.3) is 0 Å². The molecule has 1 heterocycles. The van der Waals surface area contributed by atoms with Crippen molar-refractivity contribution in [2.24, 2.45) is 0 Å². The molecule has 0 saturated carbocycles. The fraction of sp³-hybridized carbons (Fsp3) is 0.833. The van der Waals surface area contributed by atoms with Crippen molar-refractivity contribution in [3.8, 4) is 0 Å². The summed E-state index contributed by atoms with van der Waals surface area (Å²) >= 11 is 0. The predicted octanol–water partition coefficient (Wildman–Crippen LogP) is 0.458. The van der Waals surface area contributed by atoms with E-state index in [1.165, 1.54) is 0 Å². The van der Waals surface area contributed by atoms with Gasteiger partial charge < -0.3 is 5.11 Å². The van der Waals surface area contributed by atoms with E-state index in [0.717, 1.165) is 0 Å². The molecule has 3 nitrogen and oxygen atoms in total. The lowest BCUT2D eigenvalue weighted by Crippen LogP contribution is -2.58. The van der Waals surface area contributed by atoms with Gasteiger partial charge in [0.15, 0.2) is 6.17 Å². The first-order chi connectivity index (χ1) is 5.07. The number of piperidine rings is 1. The zero-order valence-electron chi connectivity index (χ0n) is 5.81. The van der Waals surface area contributed by atoms with E-state index in [1.54, 1.807) is 0 Å². The van der Waals surface area contributed by atoms with Crippen LogP contribution < -0.4 is 5.32 Å². The first kappa shape index (κ1) is 8.39. The largest absolute Gasteiger partial charge is 0.478 e. The highest BCUT2D eigenvalue weighted by Crippen LogP contribution is 2.24. The monoisotopic (exact) mass is 165 g/mol. The van der Waals surface area contributed by atoms with Gasteiger partial charge in [0.25, 0.3) is 5.79 Å². The van der Waals surface area contributed by atoms with Crippen molar-refractivity contribution < 1.29 is 18.7 Å². The zero-order chi connectivity index (χ0) is 8.48. The van der Waals surface area contributed by atoms with E-state index in [4.69, 9.17) is 5.11 Å². The van der Waals surface area contributed by atoms with Gasteiger partial charge >= 0.3 is 5.97 Å². The van der Waals surface area contributed by atoms with Crippen molar-refractivity contribution >= 4 is 5.97 Å². The molecule has 2 N–H and O–H groups in total. The molecule has 0 spiro atoms. The van der Waals surface area contributed by atoms with E-state index in [9.17, 15) is 13.6 Å². The van der Waals surface area contributed by atoms with E-state index >= 15 is 0 Å². The molecule has 0 aliphatic carbocycles. The Labute approximate surface area is 62.4 Å². The Morgan fingerprint density at radius 1 is 1.73 bits per heavy atom. The Morgan fingerprint density at radius 2 is 2.36 bits per heavy atom. The Bertz CT molecular complexity index is 176. The van der Waals surface area contributed by atoms with Gasteiger partial charge in [0.1, 0.15) is 0 Å². The van der Waals surface area contributed by atoms with Gasteiger partial charge in [-0.3, -0.25) is 5.32 Å². The number of aliphatic carboxylic acids is 1. The summed E-state index contributed by atoms with van der Waals surface area (Å²) in [5, 5.41) is 10.3. The van der Waals surface area contributed by atoms with Crippen LogP contribution in [0.2, 0.25) is 0 Å². The molecular weight excluding hydrogens is 156 g/mol. The first-order valence-corrected chi connectivity index (χ1v) is 3.39. The van der Waals surface area contributed by atoms with Gasteiger partial charge in [0, 0.05) is 0 Å². The standard InChI is InChI=1S/C6H9F2NO2/c7-4-2-1-3-9-6(4,8)5(10)11/h4,9H,1-3H2,(H,10,11). The molecule has 1 saturated heterocycles. The number of halogens is 2. The van der Waals surface area contributed by atoms with Gasteiger partial charge in [-0.2, -0.15) is 0 Å². The van der Waals surface area contributed by atoms with Crippen molar-refractivity contribution in [3.05, 3.63) is 0 Å². The average molecular weight is 165 g/mol. The smallest absolute Gasteiger partial charge is 0.360 e. The summed E-state index contributed by atoms with van der Waals surface area (Å²) in [6, 6.07) is 0. The zero-order valence-corrected chi connectivity index (χ0v) is 5.81. The van der Waals surface area contributed by atoms with Gasteiger partial charge in [0.05, 0.1) is 0 Å². The number of hydrogen-bond acceptors (Lipinski definition) is 2. The van der Waals surface area contributed by atoms with Gasteiger partial charge in [-0.25, -0.2) is 13.6 Å². The molecule has 2 atom stereocenters. The lowest BCUT2D eigenvalue weighted by atomic mass is 10.0. The second kappa shape index (κ2) is 2.73. The van der Waals surface area contributed by atoms with Crippen LogP contribution in [0.1, 0.15) is 12.8 Å². The molecule has 1 aliphatic rings. The number of carbonyl (C=O) groups is 1. The summed E-state index contributed by atoms with van der Waals surface area (Å²) in [5.41, 5.74) is 0. The molecule has 2 unspecified atom stereocenters. The number of nitrogens with one attached hydrogen (secondary N) is 1. The third kappa shape index (κ3) is 1.33. The number of hydrogen-bond donors (Lipinski definition) is 2. The predicted molar refractivity (Wildman–Crippen MR) is 33.6 cm³/mol. The van der Waals surface area contributed by atoms with Crippen molar-refractivity contribution in [2.45, 2.75) is 24.8 Å². The van der Waals surface area contributed by atoms with Gasteiger partial charge in [-0.05, 0) is 19.4 Å². The minimum absolute atomic E-state index is 0.0319. The van der Waals surface area contributed by atoms with E-state index in [2.05, 4.69) is 0 Å². The van der Waals surface area contributed by atoms with Gasteiger partial charge in [-0.1, -0.05) is 0 Å². The summed E-state index contributed by atoms with van der Waals surface area (Å²) < 4.78 is 25.7. The van der Waals surface area contributed by atoms with Crippen molar-refractivity contribution in [1.29, 1.82) is 0 Å². The summed E-state index contributed by atoms with van der Waals surface area (Å²) in [6.45, 7) is 0.212. The molecule has 0 bridgehead atoms. The highest BCUT2D eigenvalue weighted by atomic mass is 19.2. The minimum Gasteiger partial charge on any atom is -0.478 e. The quantitative estimate of drug-likeness (QED) is 0.555. The topological polar surface area (TPSA) is 49.3 Å². The second-order valence-corrected chi connectivity index (χ2v) is 2.55. The summed E-state index contributed by atoms with van der Waals surface area (Å²) in [4.78, 5) is 10.2. The maximum Gasteiger partial charge on any atom is 0.360 e. The average Bonchev–Trinajstić information content (AvgIpc) is 1.95. The maximum absolute atomic E-state index is 13.0. The Morgan fingerprint density at radius 3 is 2.73 bits per heavy atom. The van der Waals surface area contributed by atoms with E-state index in [0.29, 0.717) is 6.42 Å². The SMILES string of the molecule is O=C(O)C1(F)NCCCC1F. The molecule has 1 fully saturated rings. The molecule has 0 aromatic heterocycles. The minimum atomic E-state index is -2.86. The van der Waals surface area contributed by atoms with Crippen molar-refractivity contribution in [1.82, 2.24) is 5.32 Å². The Balaban J connectivity index is 2.72. The summed E-state index contributed by atoms with van der Waals surface area (Å²) in [6.07, 6.45) is -1.50. The molecule has 5 heteroatoms. The third-order valence-corrected chi connectivity index (χ3v) is 1.76. The Hall–Kier alpha value is -0.710. The number of rotatable bonds is 1. The molecular formula is C6H9F2NO2. The van der Waals surface area contributed by atoms with Crippen LogP contribution in [-0.2, 0) is 4.79 Å². The van der Waals surface area contributed by atoms with Crippen molar-refractivity contribution in [3.63, 3.8) is 0 Å². The highest BCUT2D eigenvalue weighted by Gasteiger charge is 2.48. The van der Waals surface area contributed by atoms with Crippen LogP contribution in [0.3, 0.4) is 0 Å². The normalized spacial score (nSPS) is 38.5. The van der Waals surface area contributed by atoms with Crippen LogP contribution in [0.15, 0.2) is 0 Å². The fourth-order valence-electron chi connectivity index (χ4n) is 1.07. The van der Waals surface area contributed by atoms with Crippen LogP contribution in [0.5, 0.6) is 0 Å². The molecule has 0 aromatic carbocycles. The van der Waals surface area contributed by atoms with Crippen LogP contribution in [0.4, 0.5) is 8.78 Å². The van der Waals surface area contributed by atoms with Crippen LogP contribution >= 0.6 is 0 Å². The van der Waals surface area contributed by atoms with Gasteiger partial charge in [0.2, 0.25) is 0 Å². The maximum atomic E-state index is 13.0. The van der Waals surface area contributed by atoms with E-state index in [1.807, 2.05) is 5.32 Å². The molecule has 0 amide bonds. The first-order valence-electron chi connectivity index (χ1n) is 3.39. The molecule has 1 rings (SSSR count). The highest BCUT2D eigenvalue weighted by molar-refractivity contribution is 5.77. The summed E-state index contributed by atoms with van der Waals surface area (Å²) in [7, 11) is 0. The molecule has 64 valence electrons. The lowest BCUT2D eigenvalue weighted by molar-refractivity contribution is -0.161. The molecule has 0 radical (unpaired) electrons. The summed E-state index contributed by atoms with van der Waals surface area (Å²) in [5.74, 6) is -4.64. The van der Waals surface area contributed by atoms with Crippen LogP contribution in [-0.4, -0.2) is 29.6 Å². The van der Waals surface area contributed by atoms with Crippen LogP contribution in [0, 0.1) is 0 Å². The molecule has 0 aromatic rings. The molecule has 1 aliphatic heterocycles. The number of carboxylic acid groups (broad SMARTS) is 1. The van der Waals surface area contributed by atoms with Gasteiger partial charge in [-0.15, -0.1) is 0 Å². The second-order valence-electron chi connectivity index (χ2n) is 2.55. The lowest BCUT2D eigenvalue weighted by Gasteiger charge is -2.29. The van der Waals surface area contributed by atoms with E-state index < -0.39 is 17.9 Å². The van der Waals surface area contributed by atoms with Crippen molar-refractivity contribution in [2.75, 3.05) is 6.54 Å². The van der Waals surface area contributed by atoms with E-state index in [-0.39, 0.29) is 13.0 Å². The number of carboxylic acids is 1.